The molecular formula is C25H22N5O4+. The summed E-state index contributed by atoms with van der Waals surface area (Å²) < 4.78 is 13.7. The van der Waals surface area contributed by atoms with Gasteiger partial charge in [-0.1, -0.05) is 23.2 Å². The summed E-state index contributed by atoms with van der Waals surface area (Å²) in [5, 5.41) is 3.15. The fourth-order valence-corrected chi connectivity index (χ4v) is 3.82. The van der Waals surface area contributed by atoms with Crippen LogP contribution in [0.1, 0.15) is 21.7 Å². The third kappa shape index (κ3) is 3.83. The maximum atomic E-state index is 13.3. The van der Waals surface area contributed by atoms with Gasteiger partial charge in [-0.15, -0.1) is 0 Å². The molecule has 0 fully saturated rings. The summed E-state index contributed by atoms with van der Waals surface area (Å²) in [6.45, 7) is 0.498. The zero-order chi connectivity index (χ0) is 23.7. The van der Waals surface area contributed by atoms with E-state index in [0.717, 1.165) is 11.3 Å². The highest BCUT2D eigenvalue weighted by molar-refractivity contribution is 6.00. The highest BCUT2D eigenvalue weighted by Gasteiger charge is 2.25. The number of nitrogens with one attached hydrogen (secondary N) is 1. The molecule has 9 heteroatoms. The van der Waals surface area contributed by atoms with E-state index in [1.807, 2.05) is 24.3 Å². The van der Waals surface area contributed by atoms with Gasteiger partial charge in [0, 0.05) is 12.7 Å². The van der Waals surface area contributed by atoms with Crippen LogP contribution >= 0.6 is 0 Å². The second kappa shape index (κ2) is 8.70. The van der Waals surface area contributed by atoms with Gasteiger partial charge in [0.2, 0.25) is 11.5 Å². The summed E-state index contributed by atoms with van der Waals surface area (Å²) in [5.41, 5.74) is 8.09. The van der Waals surface area contributed by atoms with Crippen molar-refractivity contribution >= 4 is 28.4 Å². The van der Waals surface area contributed by atoms with Gasteiger partial charge >= 0.3 is 0 Å². The summed E-state index contributed by atoms with van der Waals surface area (Å²) >= 11 is 0. The topological polar surface area (TPSA) is 116 Å². The number of fused-ring (bicyclic) bond motifs is 2. The number of pyridine rings is 2. The van der Waals surface area contributed by atoms with E-state index in [0.29, 0.717) is 17.1 Å². The van der Waals surface area contributed by atoms with Crippen molar-refractivity contribution in [1.29, 1.82) is 0 Å². The zero-order valence-corrected chi connectivity index (χ0v) is 18.4. The minimum absolute atomic E-state index is 0.183. The van der Waals surface area contributed by atoms with Gasteiger partial charge < -0.3 is 20.2 Å². The summed E-state index contributed by atoms with van der Waals surface area (Å²) in [6, 6.07) is 17.7. The monoisotopic (exact) mass is 456 g/mol. The van der Waals surface area contributed by atoms with E-state index in [-0.39, 0.29) is 35.4 Å². The van der Waals surface area contributed by atoms with Gasteiger partial charge in [0.1, 0.15) is 29.0 Å². The van der Waals surface area contributed by atoms with Crippen LogP contribution in [0.3, 0.4) is 0 Å². The molecule has 4 heterocycles. The number of furan rings is 1. The number of nitrogens with zero attached hydrogens (tertiary/aromatic N) is 3. The Kier molecular flexibility index (Phi) is 5.43. The smallest absolute Gasteiger partial charge is 0.278 e. The maximum Gasteiger partial charge on any atom is 0.278 e. The number of nitrogens with two attached hydrogens (primary N) is 1. The van der Waals surface area contributed by atoms with Crippen molar-refractivity contribution in [3.8, 4) is 5.75 Å². The molecule has 0 aliphatic rings. The van der Waals surface area contributed by atoms with Crippen molar-refractivity contribution in [1.82, 2.24) is 14.7 Å². The van der Waals surface area contributed by atoms with Gasteiger partial charge in [0.05, 0.1) is 13.4 Å². The molecule has 170 valence electrons. The number of hydrogen-bond donors (Lipinski definition) is 2. The van der Waals surface area contributed by atoms with Crippen LogP contribution in [0.5, 0.6) is 5.75 Å². The second-order valence-electron chi connectivity index (χ2n) is 7.72. The first kappa shape index (κ1) is 21.2. The normalized spacial score (nSPS) is 11.1. The van der Waals surface area contributed by atoms with Crippen molar-refractivity contribution < 1.29 is 18.5 Å². The summed E-state index contributed by atoms with van der Waals surface area (Å²) in [5.74, 6) is 1.13. The number of aromatic nitrogens is 3. The molecule has 1 amide bonds. The zero-order valence-electron chi connectivity index (χ0n) is 18.4. The van der Waals surface area contributed by atoms with Crippen LogP contribution in [0.15, 0.2) is 82.3 Å². The number of anilines is 1. The Morgan fingerprint density at radius 2 is 2.00 bits per heavy atom. The van der Waals surface area contributed by atoms with E-state index < -0.39 is 5.91 Å². The van der Waals surface area contributed by atoms with Gasteiger partial charge in [-0.25, -0.2) is 4.57 Å². The van der Waals surface area contributed by atoms with Gasteiger partial charge in [-0.05, 0) is 48.0 Å². The molecule has 4 aromatic heterocycles. The van der Waals surface area contributed by atoms with Crippen LogP contribution in [0.25, 0.3) is 16.7 Å². The van der Waals surface area contributed by atoms with E-state index in [9.17, 15) is 9.59 Å². The first-order valence-corrected chi connectivity index (χ1v) is 10.6. The molecule has 5 rings (SSSR count). The minimum atomic E-state index is -0.402. The Morgan fingerprint density at radius 3 is 2.74 bits per heavy atom. The minimum Gasteiger partial charge on any atom is -0.497 e. The summed E-state index contributed by atoms with van der Waals surface area (Å²) in [6.07, 6.45) is 3.19. The number of rotatable bonds is 6. The lowest BCUT2D eigenvalue weighted by atomic mass is 10.1. The number of amides is 1. The van der Waals surface area contributed by atoms with Gasteiger partial charge in [0.15, 0.2) is 0 Å². The molecule has 0 atom stereocenters. The van der Waals surface area contributed by atoms with Gasteiger partial charge in [-0.3, -0.25) is 14.0 Å². The Hall–Kier alpha value is -4.66. The van der Waals surface area contributed by atoms with Gasteiger partial charge in [-0.2, -0.15) is 0 Å². The van der Waals surface area contributed by atoms with Crippen molar-refractivity contribution in [3.05, 3.63) is 100 Å². The first-order valence-electron chi connectivity index (χ1n) is 10.6. The average Bonchev–Trinajstić information content (AvgIpc) is 3.38. The summed E-state index contributed by atoms with van der Waals surface area (Å²) in [4.78, 5) is 31.1. The SMILES string of the molecule is COc1ccc(CNC(=O)c2cc3c(=O)n4ccccc4nc3[n+](Cc3ccco3)c2N)cc1. The number of ether oxygens (including phenoxy) is 1. The molecule has 0 saturated heterocycles. The highest BCUT2D eigenvalue weighted by Crippen LogP contribution is 2.17. The number of carbonyl (C=O) groups is 1. The van der Waals surface area contributed by atoms with Gasteiger partial charge in [0.25, 0.3) is 17.1 Å². The predicted molar refractivity (Wildman–Crippen MR) is 126 cm³/mol. The van der Waals surface area contributed by atoms with E-state index in [2.05, 4.69) is 10.3 Å². The number of hydrogen-bond acceptors (Lipinski definition) is 6. The quantitative estimate of drug-likeness (QED) is 0.299. The third-order valence-electron chi connectivity index (χ3n) is 5.61. The number of methoxy groups -OCH3 is 1. The van der Waals surface area contributed by atoms with E-state index in [1.165, 1.54) is 10.5 Å². The number of benzene rings is 1. The van der Waals surface area contributed by atoms with Crippen LogP contribution < -0.4 is 25.9 Å². The fourth-order valence-electron chi connectivity index (χ4n) is 3.82. The lowest BCUT2D eigenvalue weighted by Crippen LogP contribution is -2.43. The Morgan fingerprint density at radius 1 is 1.18 bits per heavy atom. The van der Waals surface area contributed by atoms with Crippen LogP contribution in [0.2, 0.25) is 0 Å². The lowest BCUT2D eigenvalue weighted by Gasteiger charge is -2.12. The molecule has 0 radical (unpaired) electrons. The van der Waals surface area contributed by atoms with Crippen LogP contribution in [-0.4, -0.2) is 22.4 Å². The lowest BCUT2D eigenvalue weighted by molar-refractivity contribution is -0.651. The second-order valence-corrected chi connectivity index (χ2v) is 7.72. The van der Waals surface area contributed by atoms with Crippen LogP contribution in [-0.2, 0) is 13.1 Å². The van der Waals surface area contributed by atoms with E-state index >= 15 is 0 Å². The maximum absolute atomic E-state index is 13.3. The Labute approximate surface area is 194 Å². The molecule has 0 saturated carbocycles. The molecular weight excluding hydrogens is 434 g/mol. The first-order chi connectivity index (χ1) is 16.5. The molecule has 3 N–H and O–H groups in total. The van der Waals surface area contributed by atoms with E-state index in [1.54, 1.807) is 54.5 Å². The molecule has 0 spiro atoms. The molecule has 34 heavy (non-hydrogen) atoms. The standard InChI is InChI=1S/C25H21N5O4/c1-33-17-9-7-16(8-10-17)14-27-24(31)19-13-20-23(28-21-6-2-3-11-29(21)25(20)32)30(22(19)26)15-18-5-4-12-34-18/h2-13,26H,14-15H2,1H3,(H,27,31)/p+1. The third-order valence-corrected chi connectivity index (χ3v) is 5.61. The largest absolute Gasteiger partial charge is 0.497 e. The highest BCUT2D eigenvalue weighted by atomic mass is 16.5. The molecule has 0 unspecified atom stereocenters. The Bertz CT molecular complexity index is 1560. The van der Waals surface area contributed by atoms with Crippen molar-refractivity contribution in [2.24, 2.45) is 0 Å². The molecule has 5 aromatic rings. The fraction of sp³-hybridized carbons (Fsp3) is 0.120. The van der Waals surface area contributed by atoms with Crippen LogP contribution in [0.4, 0.5) is 5.82 Å². The van der Waals surface area contributed by atoms with Crippen LogP contribution in [0, 0.1) is 0 Å². The van der Waals surface area contributed by atoms with Crippen molar-refractivity contribution in [2.75, 3.05) is 12.8 Å². The van der Waals surface area contributed by atoms with Crippen molar-refractivity contribution in [2.45, 2.75) is 13.1 Å². The molecule has 0 bridgehead atoms. The predicted octanol–water partition coefficient (Wildman–Crippen LogP) is 2.30. The average molecular weight is 456 g/mol. The summed E-state index contributed by atoms with van der Waals surface area (Å²) in [7, 11) is 1.60. The molecule has 1 aromatic carbocycles. The molecule has 0 aliphatic heterocycles. The molecule has 9 nitrogen and oxygen atoms in total. The van der Waals surface area contributed by atoms with E-state index in [4.69, 9.17) is 14.9 Å². The Balaban J connectivity index is 1.59. The molecule has 0 aliphatic carbocycles. The van der Waals surface area contributed by atoms with Crippen molar-refractivity contribution in [3.63, 3.8) is 0 Å². The number of nitrogen functional groups attached to an aromatic ring is 1. The number of carbonyl (C=O) groups excluding carboxylic acids is 1.